The number of hydrogen-bond donors (Lipinski definition) is 1. The minimum Gasteiger partial charge on any atom is -0.426 e. The standard InChI is InChI=1S/C22H22FN7OS/c1-3-29(4-2)22(32)31-17-12-26-20(27-19(17)24)18-15-9-7-11-25-21(15)30(28-18)13-14-8-5-6-10-16(14)23/h5-12H,3-4,13H2,1-2H3,(H2,24,26,27). The van der Waals surface area contributed by atoms with Crippen LogP contribution in [0.5, 0.6) is 5.75 Å². The summed E-state index contributed by atoms with van der Waals surface area (Å²) >= 11 is 5.32. The van der Waals surface area contributed by atoms with E-state index >= 15 is 0 Å². The van der Waals surface area contributed by atoms with Crippen LogP contribution in [-0.2, 0) is 6.54 Å². The van der Waals surface area contributed by atoms with E-state index in [9.17, 15) is 4.39 Å². The van der Waals surface area contributed by atoms with Gasteiger partial charge in [0.15, 0.2) is 23.0 Å². The van der Waals surface area contributed by atoms with Gasteiger partial charge >= 0.3 is 0 Å². The molecule has 0 amide bonds. The molecule has 0 aliphatic heterocycles. The Kier molecular flexibility index (Phi) is 6.22. The van der Waals surface area contributed by atoms with Gasteiger partial charge in [-0.15, -0.1) is 0 Å². The normalized spacial score (nSPS) is 11.0. The number of thiocarbonyl (C=S) groups is 1. The second-order valence-corrected chi connectivity index (χ2v) is 7.30. The van der Waals surface area contributed by atoms with Crippen molar-refractivity contribution in [2.45, 2.75) is 20.4 Å². The number of anilines is 1. The number of nitrogen functional groups attached to an aromatic ring is 1. The summed E-state index contributed by atoms with van der Waals surface area (Å²) in [6.07, 6.45) is 3.14. The van der Waals surface area contributed by atoms with E-state index in [4.69, 9.17) is 22.7 Å². The second-order valence-electron chi connectivity index (χ2n) is 6.96. The fourth-order valence-corrected chi connectivity index (χ4v) is 3.64. The zero-order valence-corrected chi connectivity index (χ0v) is 18.5. The van der Waals surface area contributed by atoms with Crippen LogP contribution >= 0.6 is 12.2 Å². The molecule has 10 heteroatoms. The summed E-state index contributed by atoms with van der Waals surface area (Å²) in [5, 5.41) is 5.65. The highest BCUT2D eigenvalue weighted by Crippen LogP contribution is 2.28. The predicted octanol–water partition coefficient (Wildman–Crippen LogP) is 3.66. The fourth-order valence-electron chi connectivity index (χ4n) is 3.29. The largest absolute Gasteiger partial charge is 0.426 e. The van der Waals surface area contributed by atoms with Crippen LogP contribution in [0.25, 0.3) is 22.6 Å². The number of rotatable bonds is 6. The van der Waals surface area contributed by atoms with E-state index in [1.807, 2.05) is 24.8 Å². The molecule has 0 unspecified atom stereocenters. The average molecular weight is 452 g/mol. The lowest BCUT2D eigenvalue weighted by molar-refractivity contribution is 0.378. The van der Waals surface area contributed by atoms with Crippen molar-refractivity contribution in [2.24, 2.45) is 0 Å². The number of pyridine rings is 1. The summed E-state index contributed by atoms with van der Waals surface area (Å²) in [5.41, 5.74) is 7.72. The van der Waals surface area contributed by atoms with E-state index in [0.29, 0.717) is 41.0 Å². The average Bonchev–Trinajstić information content (AvgIpc) is 3.16. The summed E-state index contributed by atoms with van der Waals surface area (Å²) in [7, 11) is 0. The highest BCUT2D eigenvalue weighted by molar-refractivity contribution is 7.80. The lowest BCUT2D eigenvalue weighted by Gasteiger charge is -2.21. The fraction of sp³-hybridized carbons (Fsp3) is 0.227. The van der Waals surface area contributed by atoms with Crippen molar-refractivity contribution in [1.29, 1.82) is 0 Å². The van der Waals surface area contributed by atoms with E-state index in [1.165, 1.54) is 12.3 Å². The highest BCUT2D eigenvalue weighted by atomic mass is 32.1. The van der Waals surface area contributed by atoms with E-state index in [-0.39, 0.29) is 23.9 Å². The minimum atomic E-state index is -0.306. The van der Waals surface area contributed by atoms with Crippen molar-refractivity contribution >= 4 is 34.2 Å². The first-order valence-corrected chi connectivity index (χ1v) is 10.6. The van der Waals surface area contributed by atoms with Gasteiger partial charge in [-0.1, -0.05) is 18.2 Å². The zero-order chi connectivity index (χ0) is 22.7. The maximum absolute atomic E-state index is 14.2. The number of halogens is 1. The molecule has 3 heterocycles. The molecule has 0 bridgehead atoms. The van der Waals surface area contributed by atoms with Crippen LogP contribution in [0.15, 0.2) is 48.8 Å². The number of hydrogen-bond acceptors (Lipinski definition) is 7. The summed E-state index contributed by atoms with van der Waals surface area (Å²) in [6.45, 7) is 5.62. The maximum atomic E-state index is 14.2. The molecule has 0 atom stereocenters. The number of aromatic nitrogens is 5. The summed E-state index contributed by atoms with van der Waals surface area (Å²) in [4.78, 5) is 15.1. The lowest BCUT2D eigenvalue weighted by Crippen LogP contribution is -2.33. The zero-order valence-electron chi connectivity index (χ0n) is 17.7. The molecule has 164 valence electrons. The van der Waals surface area contributed by atoms with Crippen molar-refractivity contribution in [3.63, 3.8) is 0 Å². The van der Waals surface area contributed by atoms with Gasteiger partial charge in [0.25, 0.3) is 5.17 Å². The molecule has 8 nitrogen and oxygen atoms in total. The number of benzene rings is 1. The van der Waals surface area contributed by atoms with Crippen molar-refractivity contribution in [3.05, 3.63) is 60.2 Å². The first-order chi connectivity index (χ1) is 15.5. The van der Waals surface area contributed by atoms with Gasteiger partial charge in [0, 0.05) is 24.8 Å². The van der Waals surface area contributed by atoms with Gasteiger partial charge in [-0.2, -0.15) is 5.10 Å². The Balaban J connectivity index is 1.69. The Bertz CT molecular complexity index is 1270. The molecule has 0 fully saturated rings. The SMILES string of the molecule is CCN(CC)C(=S)Oc1cnc(-c2nn(Cc3ccccc3F)c3ncccc23)nc1N. The molecule has 0 saturated carbocycles. The molecule has 4 rings (SSSR count). The quantitative estimate of drug-likeness (QED) is 0.444. The Hall–Kier alpha value is -3.66. The smallest absolute Gasteiger partial charge is 0.265 e. The monoisotopic (exact) mass is 451 g/mol. The first kappa shape index (κ1) is 21.6. The van der Waals surface area contributed by atoms with Crippen LogP contribution in [0.1, 0.15) is 19.4 Å². The molecule has 0 aliphatic rings. The molecule has 3 aromatic heterocycles. The minimum absolute atomic E-state index is 0.144. The van der Waals surface area contributed by atoms with Gasteiger partial charge in [0.1, 0.15) is 11.5 Å². The van der Waals surface area contributed by atoms with Gasteiger partial charge in [-0.05, 0) is 44.3 Å². The third kappa shape index (κ3) is 4.22. The van der Waals surface area contributed by atoms with E-state index in [2.05, 4.69) is 20.1 Å². The third-order valence-corrected chi connectivity index (χ3v) is 5.34. The van der Waals surface area contributed by atoms with Crippen LogP contribution in [0, 0.1) is 5.82 Å². The summed E-state index contributed by atoms with van der Waals surface area (Å²) < 4.78 is 21.5. The van der Waals surface area contributed by atoms with E-state index in [1.54, 1.807) is 35.1 Å². The molecule has 0 radical (unpaired) electrons. The van der Waals surface area contributed by atoms with Gasteiger partial charge < -0.3 is 15.4 Å². The molecule has 0 saturated heterocycles. The van der Waals surface area contributed by atoms with Gasteiger partial charge in [-0.3, -0.25) is 0 Å². The Morgan fingerprint density at radius 2 is 1.94 bits per heavy atom. The molecular formula is C22H22FN7OS. The van der Waals surface area contributed by atoms with Crippen LogP contribution in [0.4, 0.5) is 10.2 Å². The molecule has 4 aromatic rings. The van der Waals surface area contributed by atoms with Gasteiger partial charge in [0.05, 0.1) is 18.1 Å². The summed E-state index contributed by atoms with van der Waals surface area (Å²) in [5.74, 6) is 0.428. The van der Waals surface area contributed by atoms with Gasteiger partial charge in [0.2, 0.25) is 0 Å². The highest BCUT2D eigenvalue weighted by Gasteiger charge is 2.19. The maximum Gasteiger partial charge on any atom is 0.265 e. The predicted molar refractivity (Wildman–Crippen MR) is 125 cm³/mol. The molecule has 2 N–H and O–H groups in total. The molecule has 32 heavy (non-hydrogen) atoms. The second kappa shape index (κ2) is 9.23. The van der Waals surface area contributed by atoms with E-state index in [0.717, 1.165) is 5.39 Å². The van der Waals surface area contributed by atoms with Crippen LogP contribution in [0.2, 0.25) is 0 Å². The van der Waals surface area contributed by atoms with E-state index < -0.39 is 0 Å². The van der Waals surface area contributed by atoms with Crippen molar-refractivity contribution < 1.29 is 9.13 Å². The molecule has 1 aromatic carbocycles. The Morgan fingerprint density at radius 1 is 1.16 bits per heavy atom. The van der Waals surface area contributed by atoms with Gasteiger partial charge in [-0.25, -0.2) is 24.0 Å². The Labute approximate surface area is 189 Å². The molecule has 0 aliphatic carbocycles. The van der Waals surface area contributed by atoms with Crippen LogP contribution in [0.3, 0.4) is 0 Å². The number of ether oxygens (including phenoxy) is 1. The number of nitrogens with two attached hydrogens (primary N) is 1. The van der Waals surface area contributed by atoms with Crippen molar-refractivity contribution in [1.82, 2.24) is 29.6 Å². The van der Waals surface area contributed by atoms with Crippen LogP contribution in [-0.4, -0.2) is 47.9 Å². The third-order valence-electron chi connectivity index (χ3n) is 5.00. The Morgan fingerprint density at radius 3 is 2.66 bits per heavy atom. The first-order valence-electron chi connectivity index (χ1n) is 10.2. The van der Waals surface area contributed by atoms with Crippen LogP contribution < -0.4 is 10.5 Å². The number of fused-ring (bicyclic) bond motifs is 1. The number of nitrogens with zero attached hydrogens (tertiary/aromatic N) is 6. The topological polar surface area (TPSA) is 95.0 Å². The van der Waals surface area contributed by atoms with Crippen molar-refractivity contribution in [3.8, 4) is 17.3 Å². The van der Waals surface area contributed by atoms with Crippen molar-refractivity contribution in [2.75, 3.05) is 18.8 Å². The molecule has 0 spiro atoms. The molecular weight excluding hydrogens is 429 g/mol. The summed E-state index contributed by atoms with van der Waals surface area (Å²) in [6, 6.07) is 10.2. The lowest BCUT2D eigenvalue weighted by atomic mass is 10.2.